The summed E-state index contributed by atoms with van der Waals surface area (Å²) in [4.78, 5) is 14.0. The molecular formula is C17H24N6O2S. The molecule has 0 radical (unpaired) electrons. The SMILES string of the molecule is CCCCn1nnnc1COC(=O)c1cc2c(C)nn(CC(C)C)c2s1. The van der Waals surface area contributed by atoms with Crippen LogP contribution in [0.25, 0.3) is 10.2 Å². The van der Waals surface area contributed by atoms with E-state index in [2.05, 4.69) is 41.4 Å². The number of ether oxygens (including phenoxy) is 1. The Balaban J connectivity index is 1.71. The molecule has 0 aromatic carbocycles. The Hall–Kier alpha value is -2.29. The van der Waals surface area contributed by atoms with Crippen LogP contribution < -0.4 is 0 Å². The first kappa shape index (κ1) is 18.5. The molecule has 0 bridgehead atoms. The van der Waals surface area contributed by atoms with E-state index in [0.717, 1.165) is 41.8 Å². The summed E-state index contributed by atoms with van der Waals surface area (Å²) in [5, 5.41) is 17.1. The number of carbonyl (C=O) groups is 1. The lowest BCUT2D eigenvalue weighted by Gasteiger charge is -2.05. The van der Waals surface area contributed by atoms with Crippen LogP contribution in [-0.2, 0) is 24.4 Å². The Morgan fingerprint density at radius 1 is 1.35 bits per heavy atom. The summed E-state index contributed by atoms with van der Waals surface area (Å²) < 4.78 is 9.09. The molecule has 0 amide bonds. The third-order valence-corrected chi connectivity index (χ3v) is 5.14. The number of unbranched alkanes of at least 4 members (excludes halogenated alkanes) is 1. The fraction of sp³-hybridized carbons (Fsp3) is 0.588. The van der Waals surface area contributed by atoms with Crippen molar-refractivity contribution in [1.82, 2.24) is 30.0 Å². The Morgan fingerprint density at radius 2 is 2.15 bits per heavy atom. The molecular weight excluding hydrogens is 352 g/mol. The molecule has 0 atom stereocenters. The molecule has 0 spiro atoms. The van der Waals surface area contributed by atoms with Gasteiger partial charge in [0, 0.05) is 18.5 Å². The number of tetrazole rings is 1. The van der Waals surface area contributed by atoms with Crippen molar-refractivity contribution in [2.45, 2.75) is 60.2 Å². The highest BCUT2D eigenvalue weighted by atomic mass is 32.1. The maximum atomic E-state index is 12.5. The Morgan fingerprint density at radius 3 is 2.88 bits per heavy atom. The molecule has 0 aliphatic rings. The van der Waals surface area contributed by atoms with E-state index in [4.69, 9.17) is 4.74 Å². The van der Waals surface area contributed by atoms with Crippen LogP contribution in [0.15, 0.2) is 6.07 Å². The maximum absolute atomic E-state index is 12.5. The predicted molar refractivity (Wildman–Crippen MR) is 99.0 cm³/mol. The second-order valence-electron chi connectivity index (χ2n) is 6.74. The molecule has 0 N–H and O–H groups in total. The fourth-order valence-electron chi connectivity index (χ4n) is 2.69. The number of thiophene rings is 1. The molecule has 0 saturated heterocycles. The molecule has 3 heterocycles. The van der Waals surface area contributed by atoms with E-state index < -0.39 is 0 Å². The van der Waals surface area contributed by atoms with Crippen LogP contribution in [-0.4, -0.2) is 36.0 Å². The standard InChI is InChI=1S/C17H24N6O2S/c1-5-6-7-22-15(18-20-21-22)10-25-17(24)14-8-13-12(4)19-23(9-11(2)3)16(13)26-14/h8,11H,5-7,9-10H2,1-4H3. The van der Waals surface area contributed by atoms with Crippen LogP contribution >= 0.6 is 11.3 Å². The summed E-state index contributed by atoms with van der Waals surface area (Å²) in [6.07, 6.45) is 2.03. The van der Waals surface area contributed by atoms with E-state index >= 15 is 0 Å². The number of nitrogens with zero attached hydrogens (tertiary/aromatic N) is 6. The average molecular weight is 376 g/mol. The number of carbonyl (C=O) groups excluding carboxylic acids is 1. The summed E-state index contributed by atoms with van der Waals surface area (Å²) in [6, 6.07) is 1.86. The number of hydrogen-bond donors (Lipinski definition) is 0. The number of aromatic nitrogens is 6. The average Bonchev–Trinajstić information content (AvgIpc) is 3.28. The van der Waals surface area contributed by atoms with Crippen molar-refractivity contribution in [3.63, 3.8) is 0 Å². The van der Waals surface area contributed by atoms with E-state index in [0.29, 0.717) is 16.6 Å². The first-order valence-corrected chi connectivity index (χ1v) is 9.70. The van der Waals surface area contributed by atoms with Crippen molar-refractivity contribution < 1.29 is 9.53 Å². The molecule has 3 aromatic heterocycles. The van der Waals surface area contributed by atoms with Gasteiger partial charge in [0.1, 0.15) is 9.71 Å². The summed E-state index contributed by atoms with van der Waals surface area (Å²) in [7, 11) is 0. The van der Waals surface area contributed by atoms with Gasteiger partial charge in [-0.3, -0.25) is 4.68 Å². The molecule has 26 heavy (non-hydrogen) atoms. The van der Waals surface area contributed by atoms with Crippen LogP contribution in [0.1, 0.15) is 54.8 Å². The third-order valence-electron chi connectivity index (χ3n) is 4.01. The van der Waals surface area contributed by atoms with Gasteiger partial charge in [-0.05, 0) is 35.8 Å². The lowest BCUT2D eigenvalue weighted by molar-refractivity contribution is 0.0462. The molecule has 0 saturated carbocycles. The van der Waals surface area contributed by atoms with Gasteiger partial charge in [0.25, 0.3) is 0 Å². The van der Waals surface area contributed by atoms with Gasteiger partial charge in [-0.1, -0.05) is 27.2 Å². The summed E-state index contributed by atoms with van der Waals surface area (Å²) in [5.74, 6) is 0.693. The van der Waals surface area contributed by atoms with Gasteiger partial charge in [0.05, 0.1) is 5.69 Å². The van der Waals surface area contributed by atoms with Gasteiger partial charge in [0.15, 0.2) is 12.4 Å². The minimum absolute atomic E-state index is 0.0703. The van der Waals surface area contributed by atoms with E-state index in [1.54, 1.807) is 4.68 Å². The lowest BCUT2D eigenvalue weighted by Crippen LogP contribution is -2.10. The van der Waals surface area contributed by atoms with Gasteiger partial charge >= 0.3 is 5.97 Å². The van der Waals surface area contributed by atoms with Crippen molar-refractivity contribution in [3.8, 4) is 0 Å². The molecule has 3 aromatic rings. The van der Waals surface area contributed by atoms with E-state index in [1.807, 2.05) is 17.7 Å². The largest absolute Gasteiger partial charge is 0.453 e. The maximum Gasteiger partial charge on any atom is 0.348 e. The second kappa shape index (κ2) is 7.94. The van der Waals surface area contributed by atoms with Crippen LogP contribution in [0.3, 0.4) is 0 Å². The Labute approximate surface area is 156 Å². The zero-order valence-electron chi connectivity index (χ0n) is 15.6. The summed E-state index contributed by atoms with van der Waals surface area (Å²) in [6.45, 7) is 9.98. The molecule has 0 aliphatic heterocycles. The Kier molecular flexibility index (Phi) is 5.65. The van der Waals surface area contributed by atoms with Crippen molar-refractivity contribution >= 4 is 27.5 Å². The van der Waals surface area contributed by atoms with Gasteiger partial charge in [0.2, 0.25) is 0 Å². The van der Waals surface area contributed by atoms with Crippen molar-refractivity contribution in [3.05, 3.63) is 22.5 Å². The summed E-state index contributed by atoms with van der Waals surface area (Å²) in [5.41, 5.74) is 0.930. The normalized spacial score (nSPS) is 11.6. The highest BCUT2D eigenvalue weighted by Crippen LogP contribution is 2.29. The molecule has 140 valence electrons. The predicted octanol–water partition coefficient (Wildman–Crippen LogP) is 3.21. The third kappa shape index (κ3) is 3.92. The molecule has 0 unspecified atom stereocenters. The molecule has 9 heteroatoms. The van der Waals surface area contributed by atoms with Crippen molar-refractivity contribution in [2.24, 2.45) is 5.92 Å². The van der Waals surface area contributed by atoms with Crippen LogP contribution in [0.4, 0.5) is 0 Å². The van der Waals surface area contributed by atoms with Crippen molar-refractivity contribution in [2.75, 3.05) is 0 Å². The number of hydrogen-bond acceptors (Lipinski definition) is 7. The number of fused-ring (bicyclic) bond motifs is 1. The first-order chi connectivity index (χ1) is 12.5. The fourth-order valence-corrected chi connectivity index (χ4v) is 3.76. The Bertz CT molecular complexity index is 894. The van der Waals surface area contributed by atoms with Crippen LogP contribution in [0, 0.1) is 12.8 Å². The molecule has 3 rings (SSSR count). The lowest BCUT2D eigenvalue weighted by atomic mass is 10.2. The monoisotopic (exact) mass is 376 g/mol. The number of esters is 1. The molecule has 0 aliphatic carbocycles. The minimum Gasteiger partial charge on any atom is -0.453 e. The second-order valence-corrected chi connectivity index (χ2v) is 7.77. The zero-order valence-corrected chi connectivity index (χ0v) is 16.4. The smallest absolute Gasteiger partial charge is 0.348 e. The van der Waals surface area contributed by atoms with E-state index in [1.165, 1.54) is 11.3 Å². The number of aryl methyl sites for hydroxylation is 2. The van der Waals surface area contributed by atoms with Gasteiger partial charge in [-0.2, -0.15) is 5.10 Å². The van der Waals surface area contributed by atoms with E-state index in [-0.39, 0.29) is 12.6 Å². The molecule has 8 nitrogen and oxygen atoms in total. The highest BCUT2D eigenvalue weighted by Gasteiger charge is 2.18. The van der Waals surface area contributed by atoms with Gasteiger partial charge < -0.3 is 4.74 Å². The van der Waals surface area contributed by atoms with Crippen molar-refractivity contribution in [1.29, 1.82) is 0 Å². The summed E-state index contributed by atoms with van der Waals surface area (Å²) >= 11 is 1.42. The van der Waals surface area contributed by atoms with E-state index in [9.17, 15) is 4.79 Å². The topological polar surface area (TPSA) is 87.7 Å². The van der Waals surface area contributed by atoms with Gasteiger partial charge in [-0.15, -0.1) is 16.4 Å². The zero-order chi connectivity index (χ0) is 18.7. The van der Waals surface area contributed by atoms with Crippen LogP contribution in [0.2, 0.25) is 0 Å². The highest BCUT2D eigenvalue weighted by molar-refractivity contribution is 7.20. The van der Waals surface area contributed by atoms with Gasteiger partial charge in [-0.25, -0.2) is 9.48 Å². The first-order valence-electron chi connectivity index (χ1n) is 8.88. The molecule has 0 fully saturated rings. The quantitative estimate of drug-likeness (QED) is 0.561. The number of rotatable bonds is 8. The minimum atomic E-state index is -0.355. The van der Waals surface area contributed by atoms with Crippen LogP contribution in [0.5, 0.6) is 0 Å².